The van der Waals surface area contributed by atoms with Gasteiger partial charge in [-0.25, -0.2) is 0 Å². The third-order valence-electron chi connectivity index (χ3n) is 12.6. The summed E-state index contributed by atoms with van der Waals surface area (Å²) in [4.78, 5) is 13.0. The molecule has 4 nitrogen and oxygen atoms in total. The summed E-state index contributed by atoms with van der Waals surface area (Å²) in [5, 5.41) is 0. The van der Waals surface area contributed by atoms with Crippen LogP contribution >= 0.6 is 0 Å². The highest BCUT2D eigenvalue weighted by molar-refractivity contribution is 6.03. The molecule has 2 aromatic rings. The summed E-state index contributed by atoms with van der Waals surface area (Å²) in [6.07, 6.45) is 31.0. The summed E-state index contributed by atoms with van der Waals surface area (Å²) >= 11 is 0. The summed E-state index contributed by atoms with van der Waals surface area (Å²) in [6, 6.07) is 18.5. The Balaban J connectivity index is 0.956. The second-order valence-corrected chi connectivity index (χ2v) is 15.4. The first kappa shape index (κ1) is 31.7. The number of benzene rings is 2. The Morgan fingerprint density at radius 3 is 2.58 bits per heavy atom. The average Bonchev–Trinajstić information content (AvgIpc) is 3.53. The summed E-state index contributed by atoms with van der Waals surface area (Å²) in [5.74, 6) is 2.31. The van der Waals surface area contributed by atoms with Crippen molar-refractivity contribution >= 4 is 17.1 Å². The van der Waals surface area contributed by atoms with E-state index in [1.807, 2.05) is 0 Å². The predicted octanol–water partition coefficient (Wildman–Crippen LogP) is 9.93. The molecule has 0 fully saturated rings. The van der Waals surface area contributed by atoms with Crippen molar-refractivity contribution in [2.75, 3.05) is 6.54 Å². The highest BCUT2D eigenvalue weighted by Crippen LogP contribution is 2.45. The largest absolute Gasteiger partial charge is 0.339 e. The van der Waals surface area contributed by atoms with Gasteiger partial charge in [0, 0.05) is 30.5 Å². The third-order valence-corrected chi connectivity index (χ3v) is 12.6. The van der Waals surface area contributed by atoms with Crippen LogP contribution in [0.5, 0.6) is 0 Å². The number of allylic oxidation sites excluding steroid dienone is 11. The van der Waals surface area contributed by atoms with Crippen LogP contribution in [0.2, 0.25) is 0 Å². The number of hydrogen-bond acceptors (Lipinski definition) is 4. The molecule has 5 atom stereocenters. The van der Waals surface area contributed by atoms with Crippen molar-refractivity contribution in [1.29, 1.82) is 0 Å². The van der Waals surface area contributed by atoms with E-state index in [1.54, 1.807) is 11.1 Å². The molecule has 2 N–H and O–H groups in total. The van der Waals surface area contributed by atoms with Crippen LogP contribution in [0.25, 0.3) is 5.57 Å². The van der Waals surface area contributed by atoms with E-state index in [1.165, 1.54) is 88.9 Å². The first-order chi connectivity index (χ1) is 24.6. The highest BCUT2D eigenvalue weighted by Gasteiger charge is 2.38. The number of nitrogens with two attached hydrogens (primary N) is 1. The zero-order valence-electron chi connectivity index (χ0n) is 29.5. The highest BCUT2D eigenvalue weighted by atomic mass is 15.3. The topological polar surface area (TPSA) is 54.0 Å². The lowest BCUT2D eigenvalue weighted by Gasteiger charge is -2.33. The molecule has 0 radical (unpaired) electrons. The van der Waals surface area contributed by atoms with Gasteiger partial charge >= 0.3 is 0 Å². The molecule has 0 spiro atoms. The molecule has 2 aromatic carbocycles. The van der Waals surface area contributed by atoms with Crippen molar-refractivity contribution in [1.82, 2.24) is 4.90 Å². The first-order valence-corrected chi connectivity index (χ1v) is 19.4. The Bertz CT molecular complexity index is 1960. The van der Waals surface area contributed by atoms with Crippen molar-refractivity contribution in [3.63, 3.8) is 0 Å². The van der Waals surface area contributed by atoms with Crippen molar-refractivity contribution < 1.29 is 0 Å². The van der Waals surface area contributed by atoms with E-state index < -0.39 is 0 Å². The molecule has 254 valence electrons. The molecule has 0 aromatic heterocycles. The Morgan fingerprint density at radius 2 is 1.72 bits per heavy atom. The lowest BCUT2D eigenvalue weighted by Crippen LogP contribution is -2.48. The van der Waals surface area contributed by atoms with E-state index in [0.29, 0.717) is 17.8 Å². The van der Waals surface area contributed by atoms with Gasteiger partial charge in [-0.15, -0.1) is 0 Å². The SMILES string of the molecule is CC(C1=CC=C(c2ccc(C3=NC(C4CCCc5ccccc54)=C4C=CC=CC4C3)cc2)CC1)C1=C(C2N=C3C=CCCN3C2N)CCCC1. The smallest absolute Gasteiger partial charge is 0.125 e. The van der Waals surface area contributed by atoms with Gasteiger partial charge in [-0.05, 0) is 115 Å². The number of fused-ring (bicyclic) bond motifs is 3. The van der Waals surface area contributed by atoms with Crippen LogP contribution in [-0.2, 0) is 6.42 Å². The third kappa shape index (κ3) is 5.76. The van der Waals surface area contributed by atoms with Gasteiger partial charge in [0.2, 0.25) is 0 Å². The number of aliphatic imine (C=N–C) groups is 2. The molecule has 4 heteroatoms. The second kappa shape index (κ2) is 13.5. The molecule has 4 aliphatic carbocycles. The standard InChI is InChI=1S/C46H50N4/c1-30(37-14-6-7-17-40(37)45-46(47)50-28-9-8-19-43(50)49-45)31-20-22-32(23-21-31)33-24-26-35(27-25-33)42-29-36-12-3-5-16-39(36)44(48-42)41-18-10-13-34-11-2-4-15-38(34)41/h2-5,8,11-12,15-16,19-20,22,24-27,30,36,41,45-46H,6-7,9-10,13-14,17-18,21,23,28-29,47H2,1H3. The minimum atomic E-state index is -0.0239. The molecule has 0 saturated heterocycles. The Kier molecular flexibility index (Phi) is 8.52. The molecule has 7 aliphatic rings. The summed E-state index contributed by atoms with van der Waals surface area (Å²) in [7, 11) is 0. The fourth-order valence-corrected chi connectivity index (χ4v) is 9.85. The Labute approximate surface area is 298 Å². The van der Waals surface area contributed by atoms with Crippen LogP contribution < -0.4 is 5.73 Å². The number of aryl methyl sites for hydroxylation is 1. The molecular weight excluding hydrogens is 609 g/mol. The predicted molar refractivity (Wildman–Crippen MR) is 208 cm³/mol. The average molecular weight is 659 g/mol. The van der Waals surface area contributed by atoms with Crippen LogP contribution in [0.4, 0.5) is 0 Å². The van der Waals surface area contributed by atoms with E-state index in [2.05, 4.69) is 109 Å². The number of amidine groups is 1. The van der Waals surface area contributed by atoms with E-state index >= 15 is 0 Å². The lowest BCUT2D eigenvalue weighted by atomic mass is 9.75. The second-order valence-electron chi connectivity index (χ2n) is 15.4. The van der Waals surface area contributed by atoms with Crippen LogP contribution in [0.15, 0.2) is 135 Å². The molecule has 0 saturated carbocycles. The maximum absolute atomic E-state index is 6.84. The van der Waals surface area contributed by atoms with Gasteiger partial charge in [0.15, 0.2) is 0 Å². The van der Waals surface area contributed by atoms with Gasteiger partial charge in [-0.1, -0.05) is 109 Å². The van der Waals surface area contributed by atoms with E-state index in [9.17, 15) is 0 Å². The zero-order valence-corrected chi connectivity index (χ0v) is 29.5. The van der Waals surface area contributed by atoms with Gasteiger partial charge in [0.1, 0.15) is 18.0 Å². The molecule has 5 unspecified atom stereocenters. The number of rotatable bonds is 6. The minimum Gasteiger partial charge on any atom is -0.339 e. The normalized spacial score (nSPS) is 28.0. The molecular formula is C46H50N4. The van der Waals surface area contributed by atoms with Crippen molar-refractivity contribution in [2.24, 2.45) is 27.6 Å². The van der Waals surface area contributed by atoms with Gasteiger partial charge in [0.05, 0.1) is 5.70 Å². The van der Waals surface area contributed by atoms with E-state index in [4.69, 9.17) is 15.7 Å². The summed E-state index contributed by atoms with van der Waals surface area (Å²) < 4.78 is 0. The van der Waals surface area contributed by atoms with Crippen molar-refractivity contribution in [3.05, 3.63) is 147 Å². The van der Waals surface area contributed by atoms with Crippen LogP contribution in [0.1, 0.15) is 99.3 Å². The van der Waals surface area contributed by atoms with E-state index in [0.717, 1.165) is 44.5 Å². The summed E-state index contributed by atoms with van der Waals surface area (Å²) in [5.41, 5.74) is 22.5. The Morgan fingerprint density at radius 1 is 0.860 bits per heavy atom. The van der Waals surface area contributed by atoms with Crippen LogP contribution in [-0.4, -0.2) is 35.2 Å². The maximum Gasteiger partial charge on any atom is 0.125 e. The summed E-state index contributed by atoms with van der Waals surface area (Å²) in [6.45, 7) is 3.42. The fourth-order valence-electron chi connectivity index (χ4n) is 9.85. The zero-order chi connectivity index (χ0) is 33.6. The molecule has 0 bridgehead atoms. The monoisotopic (exact) mass is 658 g/mol. The fraction of sp³-hybridized carbons (Fsp3) is 0.391. The molecule has 0 amide bonds. The molecule has 3 heterocycles. The van der Waals surface area contributed by atoms with Crippen LogP contribution in [0, 0.1) is 11.8 Å². The van der Waals surface area contributed by atoms with Crippen molar-refractivity contribution in [3.8, 4) is 0 Å². The van der Waals surface area contributed by atoms with E-state index in [-0.39, 0.29) is 12.2 Å². The van der Waals surface area contributed by atoms with Crippen molar-refractivity contribution in [2.45, 2.75) is 95.7 Å². The maximum atomic E-state index is 6.84. The molecule has 9 rings (SSSR count). The Hall–Kier alpha value is -4.28. The lowest BCUT2D eigenvalue weighted by molar-refractivity contribution is 0.320. The van der Waals surface area contributed by atoms with Crippen LogP contribution in [0.3, 0.4) is 0 Å². The van der Waals surface area contributed by atoms with Gasteiger partial charge in [-0.2, -0.15) is 0 Å². The molecule has 3 aliphatic heterocycles. The molecule has 50 heavy (non-hydrogen) atoms. The quantitative estimate of drug-likeness (QED) is 0.314. The van der Waals surface area contributed by atoms with Gasteiger partial charge in [-0.3, -0.25) is 9.98 Å². The number of hydrogen-bond donors (Lipinski definition) is 1. The van der Waals surface area contributed by atoms with Gasteiger partial charge in [0.25, 0.3) is 0 Å². The first-order valence-electron chi connectivity index (χ1n) is 19.4. The minimum absolute atomic E-state index is 0.0239. The van der Waals surface area contributed by atoms with Gasteiger partial charge < -0.3 is 10.6 Å². The number of nitrogens with zero attached hydrogens (tertiary/aromatic N) is 3.